The Balaban J connectivity index is 2.38. The number of nitrogens with zero attached hydrogens (tertiary/aromatic N) is 4. The van der Waals surface area contributed by atoms with Crippen molar-refractivity contribution in [3.8, 4) is 11.4 Å². The molecular weight excluding hydrogens is 262 g/mol. The SMILES string of the molecule is CC(C)CC(C)n1nnnc1-c1ccc(Cl)cc1N. The molecule has 102 valence electrons. The van der Waals surface area contributed by atoms with Gasteiger partial charge in [-0.25, -0.2) is 4.68 Å². The lowest BCUT2D eigenvalue weighted by Gasteiger charge is -2.16. The predicted octanol–water partition coefficient (Wildman–Crippen LogP) is 3.18. The largest absolute Gasteiger partial charge is 0.398 e. The predicted molar refractivity (Wildman–Crippen MR) is 76.8 cm³/mol. The Hall–Kier alpha value is -1.62. The van der Waals surface area contributed by atoms with Gasteiger partial charge in [-0.3, -0.25) is 0 Å². The van der Waals surface area contributed by atoms with E-state index >= 15 is 0 Å². The van der Waals surface area contributed by atoms with Gasteiger partial charge in [0.25, 0.3) is 0 Å². The molecule has 0 fully saturated rings. The minimum absolute atomic E-state index is 0.222. The van der Waals surface area contributed by atoms with Crippen molar-refractivity contribution in [2.24, 2.45) is 5.92 Å². The van der Waals surface area contributed by atoms with Crippen molar-refractivity contribution in [3.63, 3.8) is 0 Å². The van der Waals surface area contributed by atoms with Gasteiger partial charge in [0.05, 0.1) is 6.04 Å². The summed E-state index contributed by atoms with van der Waals surface area (Å²) in [6.07, 6.45) is 1.01. The molecule has 0 aliphatic carbocycles. The highest BCUT2D eigenvalue weighted by Gasteiger charge is 2.17. The van der Waals surface area contributed by atoms with E-state index in [0.29, 0.717) is 22.5 Å². The molecule has 2 rings (SSSR count). The summed E-state index contributed by atoms with van der Waals surface area (Å²) in [7, 11) is 0. The minimum atomic E-state index is 0.222. The lowest BCUT2D eigenvalue weighted by molar-refractivity contribution is 0.394. The summed E-state index contributed by atoms with van der Waals surface area (Å²) in [5.41, 5.74) is 7.38. The lowest BCUT2D eigenvalue weighted by atomic mass is 10.0. The summed E-state index contributed by atoms with van der Waals surface area (Å²) in [5, 5.41) is 12.5. The molecular formula is C13H18ClN5. The summed E-state index contributed by atoms with van der Waals surface area (Å²) in [5.74, 6) is 1.26. The highest BCUT2D eigenvalue weighted by Crippen LogP contribution is 2.29. The van der Waals surface area contributed by atoms with E-state index in [1.807, 2.05) is 10.7 Å². The Morgan fingerprint density at radius 2 is 2.05 bits per heavy atom. The van der Waals surface area contributed by atoms with Crippen LogP contribution in [-0.4, -0.2) is 20.2 Å². The van der Waals surface area contributed by atoms with Crippen LogP contribution in [0.1, 0.15) is 33.2 Å². The molecule has 0 aliphatic rings. The fourth-order valence-corrected chi connectivity index (χ4v) is 2.37. The zero-order valence-corrected chi connectivity index (χ0v) is 12.1. The molecule has 0 saturated carbocycles. The number of hydrogen-bond acceptors (Lipinski definition) is 4. The number of nitrogen functional groups attached to an aromatic ring is 1. The number of hydrogen-bond donors (Lipinski definition) is 1. The Morgan fingerprint density at radius 1 is 1.32 bits per heavy atom. The third kappa shape index (κ3) is 3.04. The van der Waals surface area contributed by atoms with Crippen LogP contribution in [0.15, 0.2) is 18.2 Å². The van der Waals surface area contributed by atoms with Gasteiger partial charge in [-0.1, -0.05) is 25.4 Å². The second-order valence-corrected chi connectivity index (χ2v) is 5.59. The summed E-state index contributed by atoms with van der Waals surface area (Å²) >= 11 is 5.91. The van der Waals surface area contributed by atoms with Gasteiger partial charge in [-0.15, -0.1) is 5.10 Å². The standard InChI is InChI=1S/C13H18ClN5/c1-8(2)6-9(3)19-13(16-17-18-19)11-5-4-10(14)7-12(11)15/h4-5,7-9H,6,15H2,1-3H3. The second-order valence-electron chi connectivity index (χ2n) is 5.16. The number of tetrazole rings is 1. The van der Waals surface area contributed by atoms with Crippen molar-refractivity contribution in [2.45, 2.75) is 33.2 Å². The molecule has 0 spiro atoms. The first-order chi connectivity index (χ1) is 8.99. The fraction of sp³-hybridized carbons (Fsp3) is 0.462. The molecule has 0 radical (unpaired) electrons. The van der Waals surface area contributed by atoms with Crippen molar-refractivity contribution >= 4 is 17.3 Å². The molecule has 0 saturated heterocycles. The van der Waals surface area contributed by atoms with Crippen molar-refractivity contribution in [1.29, 1.82) is 0 Å². The first-order valence-electron chi connectivity index (χ1n) is 6.32. The minimum Gasteiger partial charge on any atom is -0.398 e. The van der Waals surface area contributed by atoms with Crippen LogP contribution in [0.5, 0.6) is 0 Å². The van der Waals surface area contributed by atoms with Gasteiger partial charge in [0.15, 0.2) is 5.82 Å². The maximum atomic E-state index is 5.99. The average Bonchev–Trinajstić information content (AvgIpc) is 2.76. The van der Waals surface area contributed by atoms with Crippen LogP contribution in [0.3, 0.4) is 0 Å². The van der Waals surface area contributed by atoms with E-state index in [0.717, 1.165) is 12.0 Å². The van der Waals surface area contributed by atoms with E-state index in [1.54, 1.807) is 12.1 Å². The van der Waals surface area contributed by atoms with Crippen LogP contribution in [0, 0.1) is 5.92 Å². The summed E-state index contributed by atoms with van der Waals surface area (Å²) in [6, 6.07) is 5.57. The molecule has 2 N–H and O–H groups in total. The third-order valence-corrected chi connectivity index (χ3v) is 3.21. The number of aromatic nitrogens is 4. The molecule has 0 bridgehead atoms. The van der Waals surface area contributed by atoms with Crippen molar-refractivity contribution in [1.82, 2.24) is 20.2 Å². The molecule has 6 heteroatoms. The highest BCUT2D eigenvalue weighted by molar-refractivity contribution is 6.31. The van der Waals surface area contributed by atoms with E-state index < -0.39 is 0 Å². The van der Waals surface area contributed by atoms with Crippen molar-refractivity contribution in [2.75, 3.05) is 5.73 Å². The van der Waals surface area contributed by atoms with Crippen LogP contribution >= 0.6 is 11.6 Å². The zero-order valence-electron chi connectivity index (χ0n) is 11.3. The molecule has 1 heterocycles. The molecule has 1 aromatic heterocycles. The monoisotopic (exact) mass is 279 g/mol. The summed E-state index contributed by atoms with van der Waals surface area (Å²) < 4.78 is 1.82. The number of benzene rings is 1. The molecule has 2 aromatic rings. The Morgan fingerprint density at radius 3 is 2.68 bits per heavy atom. The van der Waals surface area contributed by atoms with Crippen LogP contribution < -0.4 is 5.73 Å². The molecule has 1 aromatic carbocycles. The van der Waals surface area contributed by atoms with Gasteiger partial charge >= 0.3 is 0 Å². The third-order valence-electron chi connectivity index (χ3n) is 2.98. The number of halogens is 1. The van der Waals surface area contributed by atoms with Crippen molar-refractivity contribution in [3.05, 3.63) is 23.2 Å². The molecule has 5 nitrogen and oxygen atoms in total. The fourth-order valence-electron chi connectivity index (χ4n) is 2.19. The molecule has 0 aliphatic heterocycles. The maximum Gasteiger partial charge on any atom is 0.184 e. The maximum absolute atomic E-state index is 5.99. The van der Waals surface area contributed by atoms with Gasteiger partial charge in [0.2, 0.25) is 0 Å². The first-order valence-corrected chi connectivity index (χ1v) is 6.70. The smallest absolute Gasteiger partial charge is 0.184 e. The molecule has 19 heavy (non-hydrogen) atoms. The molecule has 1 atom stereocenters. The van der Waals surface area contributed by atoms with Gasteiger partial charge in [0, 0.05) is 16.3 Å². The van der Waals surface area contributed by atoms with Gasteiger partial charge < -0.3 is 5.73 Å². The van der Waals surface area contributed by atoms with Crippen molar-refractivity contribution < 1.29 is 0 Å². The Labute approximate surface area is 117 Å². The number of nitrogens with two attached hydrogens (primary N) is 1. The van der Waals surface area contributed by atoms with E-state index in [2.05, 4.69) is 36.3 Å². The van der Waals surface area contributed by atoms with Crippen LogP contribution in [0.25, 0.3) is 11.4 Å². The molecule has 0 amide bonds. The van der Waals surface area contributed by atoms with Gasteiger partial charge in [0.1, 0.15) is 0 Å². The Bertz CT molecular complexity index is 564. The van der Waals surface area contributed by atoms with Gasteiger partial charge in [-0.05, 0) is 47.9 Å². The highest BCUT2D eigenvalue weighted by atomic mass is 35.5. The summed E-state index contributed by atoms with van der Waals surface area (Å²) in [6.45, 7) is 6.46. The quantitative estimate of drug-likeness (QED) is 0.873. The van der Waals surface area contributed by atoms with E-state index in [-0.39, 0.29) is 6.04 Å². The normalized spacial score (nSPS) is 12.9. The number of rotatable bonds is 4. The Kier molecular flexibility index (Phi) is 4.04. The van der Waals surface area contributed by atoms with E-state index in [4.69, 9.17) is 17.3 Å². The van der Waals surface area contributed by atoms with Crippen LogP contribution in [-0.2, 0) is 0 Å². The van der Waals surface area contributed by atoms with E-state index in [9.17, 15) is 0 Å². The topological polar surface area (TPSA) is 69.6 Å². The second kappa shape index (κ2) is 5.57. The van der Waals surface area contributed by atoms with E-state index in [1.165, 1.54) is 0 Å². The average molecular weight is 280 g/mol. The number of anilines is 1. The van der Waals surface area contributed by atoms with Crippen LogP contribution in [0.4, 0.5) is 5.69 Å². The van der Waals surface area contributed by atoms with Crippen LogP contribution in [0.2, 0.25) is 5.02 Å². The van der Waals surface area contributed by atoms with Gasteiger partial charge in [-0.2, -0.15) is 0 Å². The summed E-state index contributed by atoms with van der Waals surface area (Å²) in [4.78, 5) is 0. The first kappa shape index (κ1) is 13.8. The zero-order chi connectivity index (χ0) is 14.0. The molecule has 1 unspecified atom stereocenters. The lowest BCUT2D eigenvalue weighted by Crippen LogP contribution is -2.12.